The van der Waals surface area contributed by atoms with Gasteiger partial charge in [-0.25, -0.2) is 4.98 Å². The Balaban J connectivity index is 2.19. The molecule has 1 aromatic heterocycles. The molecule has 0 aliphatic carbocycles. The van der Waals surface area contributed by atoms with Gasteiger partial charge in [-0.2, -0.15) is 13.2 Å². The van der Waals surface area contributed by atoms with Crippen LogP contribution in [0.2, 0.25) is 5.02 Å². The van der Waals surface area contributed by atoms with Crippen LogP contribution >= 0.6 is 11.6 Å². The van der Waals surface area contributed by atoms with E-state index < -0.39 is 17.8 Å². The number of hydrogen-bond acceptors (Lipinski definition) is 4. The minimum Gasteiger partial charge on any atom is -0.365 e. The minimum absolute atomic E-state index is 0.104. The molecule has 9 heteroatoms. The third-order valence-electron chi connectivity index (χ3n) is 3.23. The third kappa shape index (κ3) is 3.61. The molecule has 0 spiro atoms. The van der Waals surface area contributed by atoms with Crippen molar-refractivity contribution in [1.82, 2.24) is 9.88 Å². The van der Waals surface area contributed by atoms with Gasteiger partial charge in [-0.15, -0.1) is 0 Å². The molecular weight excluding hydrogens is 323 g/mol. The number of amides is 1. The zero-order chi connectivity index (χ0) is 16.5. The third-order valence-corrected chi connectivity index (χ3v) is 3.51. The molecule has 0 radical (unpaired) electrons. The lowest BCUT2D eigenvalue weighted by atomic mass is 10.2. The van der Waals surface area contributed by atoms with E-state index in [1.165, 1.54) is 4.90 Å². The average Bonchev–Trinajstić information content (AvgIpc) is 2.45. The van der Waals surface area contributed by atoms with Gasteiger partial charge >= 0.3 is 6.18 Å². The Morgan fingerprint density at radius 2 is 2.18 bits per heavy atom. The Hall–Kier alpha value is -1.54. The number of ether oxygens (including phenoxy) is 1. The summed E-state index contributed by atoms with van der Waals surface area (Å²) in [5.41, 5.74) is -0.907. The maximum atomic E-state index is 12.6. The number of nitrogens with zero attached hydrogens (tertiary/aromatic N) is 3. The van der Waals surface area contributed by atoms with Gasteiger partial charge < -0.3 is 14.5 Å². The first-order valence-electron chi connectivity index (χ1n) is 6.50. The summed E-state index contributed by atoms with van der Waals surface area (Å²) in [4.78, 5) is 18.8. The van der Waals surface area contributed by atoms with E-state index in [-0.39, 0.29) is 29.9 Å². The second-order valence-electron chi connectivity index (χ2n) is 5.07. The largest absolute Gasteiger partial charge is 0.417 e. The summed E-state index contributed by atoms with van der Waals surface area (Å²) in [6.07, 6.45) is -4.45. The van der Waals surface area contributed by atoms with E-state index in [0.717, 1.165) is 12.3 Å². The van der Waals surface area contributed by atoms with E-state index in [0.29, 0.717) is 6.54 Å². The standard InChI is InChI=1S/C13H15ClF3N3O2/c1-19(2)12(21)10-7-20(3-4-22-10)11-9(14)5-8(6-18-11)13(15,16)17/h5-6,10H,3-4,7H2,1-2H3. The molecule has 2 heterocycles. The maximum Gasteiger partial charge on any atom is 0.417 e. The number of halogens is 4. The van der Waals surface area contributed by atoms with Crippen molar-refractivity contribution in [2.75, 3.05) is 38.7 Å². The number of hydrogen-bond donors (Lipinski definition) is 0. The molecule has 1 unspecified atom stereocenters. The molecule has 0 aromatic carbocycles. The summed E-state index contributed by atoms with van der Waals surface area (Å²) in [5, 5.41) is -0.104. The fourth-order valence-corrected chi connectivity index (χ4v) is 2.38. The Kier molecular flexibility index (Phi) is 4.81. The molecule has 22 heavy (non-hydrogen) atoms. The van der Waals surface area contributed by atoms with Crippen molar-refractivity contribution in [2.45, 2.75) is 12.3 Å². The first kappa shape index (κ1) is 16.8. The predicted molar refractivity (Wildman–Crippen MR) is 74.9 cm³/mol. The van der Waals surface area contributed by atoms with E-state index in [9.17, 15) is 18.0 Å². The Morgan fingerprint density at radius 3 is 2.73 bits per heavy atom. The monoisotopic (exact) mass is 337 g/mol. The van der Waals surface area contributed by atoms with Gasteiger partial charge in [-0.3, -0.25) is 4.79 Å². The normalized spacial score (nSPS) is 19.2. The van der Waals surface area contributed by atoms with Crippen LogP contribution in [0.3, 0.4) is 0 Å². The summed E-state index contributed by atoms with van der Waals surface area (Å²) in [7, 11) is 3.21. The Morgan fingerprint density at radius 1 is 1.50 bits per heavy atom. The van der Waals surface area contributed by atoms with Crippen LogP contribution in [0.5, 0.6) is 0 Å². The lowest BCUT2D eigenvalue weighted by Crippen LogP contribution is -2.49. The van der Waals surface area contributed by atoms with Gasteiger partial charge in [0.2, 0.25) is 0 Å². The number of rotatable bonds is 2. The molecule has 1 atom stereocenters. The topological polar surface area (TPSA) is 45.7 Å². The van der Waals surface area contributed by atoms with Crippen molar-refractivity contribution < 1.29 is 22.7 Å². The van der Waals surface area contributed by atoms with Gasteiger partial charge in [0.15, 0.2) is 6.10 Å². The van der Waals surface area contributed by atoms with E-state index >= 15 is 0 Å². The van der Waals surface area contributed by atoms with Gasteiger partial charge in [0.1, 0.15) is 5.82 Å². The quantitative estimate of drug-likeness (QED) is 0.828. The minimum atomic E-state index is -4.50. The fourth-order valence-electron chi connectivity index (χ4n) is 2.10. The highest BCUT2D eigenvalue weighted by atomic mass is 35.5. The van der Waals surface area contributed by atoms with E-state index in [4.69, 9.17) is 16.3 Å². The molecule has 0 N–H and O–H groups in total. The smallest absolute Gasteiger partial charge is 0.365 e. The number of aromatic nitrogens is 1. The zero-order valence-electron chi connectivity index (χ0n) is 12.0. The predicted octanol–water partition coefficient (Wildman–Crippen LogP) is 2.05. The van der Waals surface area contributed by atoms with Crippen LogP contribution < -0.4 is 4.90 Å². The molecule has 0 bridgehead atoms. The fraction of sp³-hybridized carbons (Fsp3) is 0.538. The summed E-state index contributed by atoms with van der Waals surface area (Å²) < 4.78 is 43.2. The summed E-state index contributed by atoms with van der Waals surface area (Å²) in [5.74, 6) is 0.00209. The molecule has 1 amide bonds. The van der Waals surface area contributed by atoms with Gasteiger partial charge in [-0.05, 0) is 6.07 Å². The average molecular weight is 338 g/mol. The van der Waals surface area contributed by atoms with Crippen molar-refractivity contribution in [2.24, 2.45) is 0 Å². The SMILES string of the molecule is CN(C)C(=O)C1CN(c2ncc(C(F)(F)F)cc2Cl)CCO1. The van der Waals surface area contributed by atoms with E-state index in [1.807, 2.05) is 0 Å². The number of likely N-dealkylation sites (N-methyl/N-ethyl adjacent to an activating group) is 1. The van der Waals surface area contributed by atoms with Crippen molar-refractivity contribution in [3.63, 3.8) is 0 Å². The van der Waals surface area contributed by atoms with Crippen LogP contribution in [-0.2, 0) is 15.7 Å². The zero-order valence-corrected chi connectivity index (χ0v) is 12.8. The summed E-state index contributed by atoms with van der Waals surface area (Å²) in [6, 6.07) is 0.835. The second kappa shape index (κ2) is 6.29. The summed E-state index contributed by atoms with van der Waals surface area (Å²) >= 11 is 5.92. The lowest BCUT2D eigenvalue weighted by molar-refractivity contribution is -0.141. The van der Waals surface area contributed by atoms with Crippen LogP contribution in [0.1, 0.15) is 5.56 Å². The van der Waals surface area contributed by atoms with Crippen LogP contribution in [0, 0.1) is 0 Å². The maximum absolute atomic E-state index is 12.6. The van der Waals surface area contributed by atoms with Crippen molar-refractivity contribution >= 4 is 23.3 Å². The number of carbonyl (C=O) groups is 1. The highest BCUT2D eigenvalue weighted by Gasteiger charge is 2.33. The molecule has 1 fully saturated rings. The number of alkyl halides is 3. The van der Waals surface area contributed by atoms with Crippen LogP contribution in [0.15, 0.2) is 12.3 Å². The first-order chi connectivity index (χ1) is 10.2. The molecule has 1 aromatic rings. The number of morpholine rings is 1. The highest BCUT2D eigenvalue weighted by Crippen LogP contribution is 2.33. The Bertz CT molecular complexity index is 566. The number of carbonyl (C=O) groups excluding carboxylic acids is 1. The van der Waals surface area contributed by atoms with Gasteiger partial charge in [0, 0.05) is 26.8 Å². The van der Waals surface area contributed by atoms with Crippen molar-refractivity contribution in [3.05, 3.63) is 22.8 Å². The summed E-state index contributed by atoms with van der Waals surface area (Å²) in [6.45, 7) is 0.855. The molecular formula is C13H15ClF3N3O2. The molecule has 1 saturated heterocycles. The molecule has 2 rings (SSSR count). The van der Waals surface area contributed by atoms with Crippen molar-refractivity contribution in [1.29, 1.82) is 0 Å². The first-order valence-corrected chi connectivity index (χ1v) is 6.88. The highest BCUT2D eigenvalue weighted by molar-refractivity contribution is 6.33. The Labute approximate surface area is 130 Å². The van der Waals surface area contributed by atoms with Crippen LogP contribution in [0.4, 0.5) is 19.0 Å². The van der Waals surface area contributed by atoms with E-state index in [2.05, 4.69) is 4.98 Å². The van der Waals surface area contributed by atoms with Crippen LogP contribution in [0.25, 0.3) is 0 Å². The molecule has 122 valence electrons. The molecule has 1 aliphatic rings. The molecule has 0 saturated carbocycles. The molecule has 1 aliphatic heterocycles. The van der Waals surface area contributed by atoms with Crippen LogP contribution in [-0.4, -0.2) is 55.7 Å². The van der Waals surface area contributed by atoms with Gasteiger partial charge in [0.25, 0.3) is 5.91 Å². The number of pyridine rings is 1. The second-order valence-corrected chi connectivity index (χ2v) is 5.47. The molecule has 5 nitrogen and oxygen atoms in total. The van der Waals surface area contributed by atoms with Crippen molar-refractivity contribution in [3.8, 4) is 0 Å². The lowest BCUT2D eigenvalue weighted by Gasteiger charge is -2.34. The number of anilines is 1. The van der Waals surface area contributed by atoms with Gasteiger partial charge in [0.05, 0.1) is 23.7 Å². The van der Waals surface area contributed by atoms with Gasteiger partial charge in [-0.1, -0.05) is 11.6 Å². The van der Waals surface area contributed by atoms with E-state index in [1.54, 1.807) is 19.0 Å².